The van der Waals surface area contributed by atoms with Crippen LogP contribution in [0.25, 0.3) is 11.4 Å². The highest BCUT2D eigenvalue weighted by Crippen LogP contribution is 2.24. The van der Waals surface area contributed by atoms with Gasteiger partial charge in [0.1, 0.15) is 11.6 Å². The van der Waals surface area contributed by atoms with Gasteiger partial charge in [0.25, 0.3) is 0 Å². The second-order valence-electron chi connectivity index (χ2n) is 4.96. The summed E-state index contributed by atoms with van der Waals surface area (Å²) in [7, 11) is 0. The van der Waals surface area contributed by atoms with Crippen LogP contribution in [0.4, 0.5) is 21.8 Å². The summed E-state index contributed by atoms with van der Waals surface area (Å²) in [5.74, 6) is 0.640. The number of hydrogen-bond donors (Lipinski definition) is 2. The van der Waals surface area contributed by atoms with E-state index in [1.807, 2.05) is 31.2 Å². The lowest BCUT2D eigenvalue weighted by Gasteiger charge is -2.11. The molecule has 3 rings (SSSR count). The Morgan fingerprint density at radius 1 is 1.08 bits per heavy atom. The molecule has 3 aromatic rings. The van der Waals surface area contributed by atoms with E-state index in [9.17, 15) is 4.39 Å². The van der Waals surface area contributed by atoms with E-state index in [-0.39, 0.29) is 5.82 Å². The molecule has 0 atom stereocenters. The topological polar surface area (TPSA) is 62.7 Å². The van der Waals surface area contributed by atoms with E-state index in [1.165, 1.54) is 6.07 Å². The summed E-state index contributed by atoms with van der Waals surface area (Å²) in [6, 6.07) is 12.3. The molecule has 0 spiro atoms. The number of nitrogens with one attached hydrogen (secondary N) is 2. The fraction of sp³-hybridized carbons (Fsp3) is 0.118. The minimum atomic E-state index is -0.329. The van der Waals surface area contributed by atoms with E-state index in [2.05, 4.69) is 48.2 Å². The van der Waals surface area contributed by atoms with Crippen LogP contribution in [0.1, 0.15) is 6.92 Å². The minimum absolute atomic E-state index is 0.329. The number of nitrogens with zero attached hydrogens (tertiary/aromatic N) is 3. The van der Waals surface area contributed by atoms with Crippen LogP contribution in [-0.4, -0.2) is 21.5 Å². The van der Waals surface area contributed by atoms with Crippen molar-refractivity contribution in [2.45, 2.75) is 6.92 Å². The van der Waals surface area contributed by atoms with Crippen molar-refractivity contribution in [3.63, 3.8) is 0 Å². The first-order chi connectivity index (χ1) is 11.7. The Morgan fingerprint density at radius 2 is 1.96 bits per heavy atom. The zero-order valence-corrected chi connectivity index (χ0v) is 15.1. The summed E-state index contributed by atoms with van der Waals surface area (Å²) in [6.45, 7) is 2.64. The second-order valence-corrected chi connectivity index (χ2v) is 6.20. The normalized spacial score (nSPS) is 10.5. The Labute approximate surface area is 152 Å². The molecule has 0 bridgehead atoms. The molecule has 0 fully saturated rings. The largest absolute Gasteiger partial charge is 0.354 e. The van der Waals surface area contributed by atoms with Crippen LogP contribution in [0, 0.1) is 9.39 Å². The highest BCUT2D eigenvalue weighted by molar-refractivity contribution is 14.1. The second kappa shape index (κ2) is 7.52. The van der Waals surface area contributed by atoms with Crippen LogP contribution in [0.2, 0.25) is 0 Å². The van der Waals surface area contributed by atoms with Crippen molar-refractivity contribution in [1.82, 2.24) is 15.0 Å². The lowest BCUT2D eigenvalue weighted by molar-refractivity contribution is 0.631. The SMILES string of the molecule is CCNc1nc(Nc2ccc(I)cc2F)cc(-c2ccccn2)n1. The zero-order valence-electron chi connectivity index (χ0n) is 12.9. The molecular formula is C17H15FIN5. The number of aromatic nitrogens is 3. The molecule has 0 aliphatic heterocycles. The quantitative estimate of drug-likeness (QED) is 0.580. The van der Waals surface area contributed by atoms with Crippen molar-refractivity contribution in [2.75, 3.05) is 17.2 Å². The molecule has 0 aliphatic carbocycles. The maximum Gasteiger partial charge on any atom is 0.225 e. The third kappa shape index (κ3) is 3.97. The summed E-state index contributed by atoms with van der Waals surface area (Å²) >= 11 is 2.07. The smallest absolute Gasteiger partial charge is 0.225 e. The Morgan fingerprint density at radius 3 is 2.67 bits per heavy atom. The summed E-state index contributed by atoms with van der Waals surface area (Å²) in [6.07, 6.45) is 1.70. The van der Waals surface area contributed by atoms with Crippen LogP contribution in [0.15, 0.2) is 48.7 Å². The Kier molecular flexibility index (Phi) is 5.19. The highest BCUT2D eigenvalue weighted by atomic mass is 127. The monoisotopic (exact) mass is 435 g/mol. The summed E-state index contributed by atoms with van der Waals surface area (Å²) < 4.78 is 14.9. The number of pyridine rings is 1. The van der Waals surface area contributed by atoms with Gasteiger partial charge < -0.3 is 10.6 Å². The van der Waals surface area contributed by atoms with Gasteiger partial charge in [0.05, 0.1) is 17.1 Å². The van der Waals surface area contributed by atoms with Gasteiger partial charge in [-0.15, -0.1) is 0 Å². The summed E-state index contributed by atoms with van der Waals surface area (Å²) in [5.41, 5.74) is 1.75. The average molecular weight is 435 g/mol. The number of rotatable bonds is 5. The molecule has 2 heterocycles. The minimum Gasteiger partial charge on any atom is -0.354 e. The molecule has 2 aromatic heterocycles. The molecule has 24 heavy (non-hydrogen) atoms. The van der Waals surface area contributed by atoms with Crippen molar-refractivity contribution < 1.29 is 4.39 Å². The molecule has 0 radical (unpaired) electrons. The molecule has 122 valence electrons. The standard InChI is InChI=1S/C17H15FIN5/c1-2-20-17-23-15(14-5-3-4-8-21-14)10-16(24-17)22-13-7-6-11(19)9-12(13)18/h3-10H,2H2,1H3,(H2,20,22,23,24). The summed E-state index contributed by atoms with van der Waals surface area (Å²) in [4.78, 5) is 13.1. The van der Waals surface area contributed by atoms with Crippen LogP contribution < -0.4 is 10.6 Å². The van der Waals surface area contributed by atoms with Gasteiger partial charge in [-0.3, -0.25) is 4.98 Å². The van der Waals surface area contributed by atoms with Crippen molar-refractivity contribution in [1.29, 1.82) is 0 Å². The van der Waals surface area contributed by atoms with E-state index in [4.69, 9.17) is 0 Å². The van der Waals surface area contributed by atoms with Gasteiger partial charge in [0.2, 0.25) is 5.95 Å². The fourth-order valence-electron chi connectivity index (χ4n) is 2.12. The number of anilines is 3. The lowest BCUT2D eigenvalue weighted by Crippen LogP contribution is -2.06. The van der Waals surface area contributed by atoms with Crippen LogP contribution in [-0.2, 0) is 0 Å². The van der Waals surface area contributed by atoms with Gasteiger partial charge in [-0.1, -0.05) is 6.07 Å². The van der Waals surface area contributed by atoms with Crippen molar-refractivity contribution in [3.8, 4) is 11.4 Å². The molecule has 0 saturated heterocycles. The van der Waals surface area contributed by atoms with Gasteiger partial charge in [-0.2, -0.15) is 4.98 Å². The molecular weight excluding hydrogens is 420 g/mol. The molecule has 1 aromatic carbocycles. The first-order valence-corrected chi connectivity index (χ1v) is 8.50. The van der Waals surface area contributed by atoms with E-state index in [0.29, 0.717) is 29.7 Å². The maximum absolute atomic E-state index is 14.1. The first kappa shape index (κ1) is 16.6. The zero-order chi connectivity index (χ0) is 16.9. The van der Waals surface area contributed by atoms with E-state index in [0.717, 1.165) is 9.26 Å². The highest BCUT2D eigenvalue weighted by Gasteiger charge is 2.09. The Hall–Kier alpha value is -2.29. The lowest BCUT2D eigenvalue weighted by atomic mass is 10.2. The van der Waals surface area contributed by atoms with Crippen molar-refractivity contribution in [2.24, 2.45) is 0 Å². The Balaban J connectivity index is 1.99. The number of hydrogen-bond acceptors (Lipinski definition) is 5. The molecule has 0 amide bonds. The predicted octanol–water partition coefficient (Wildman–Crippen LogP) is 4.46. The number of benzene rings is 1. The van der Waals surface area contributed by atoms with Gasteiger partial charge in [0.15, 0.2) is 0 Å². The average Bonchev–Trinajstić information content (AvgIpc) is 2.58. The van der Waals surface area contributed by atoms with Gasteiger partial charge >= 0.3 is 0 Å². The van der Waals surface area contributed by atoms with E-state index >= 15 is 0 Å². The molecule has 0 saturated carbocycles. The van der Waals surface area contributed by atoms with E-state index in [1.54, 1.807) is 18.3 Å². The van der Waals surface area contributed by atoms with Crippen molar-refractivity contribution >= 4 is 40.0 Å². The van der Waals surface area contributed by atoms with Gasteiger partial charge in [-0.25, -0.2) is 9.37 Å². The molecule has 7 heteroatoms. The molecule has 5 nitrogen and oxygen atoms in total. The van der Waals surface area contributed by atoms with Crippen molar-refractivity contribution in [3.05, 3.63) is 58.0 Å². The van der Waals surface area contributed by atoms with Gasteiger partial charge in [0, 0.05) is 22.4 Å². The third-order valence-electron chi connectivity index (χ3n) is 3.18. The van der Waals surface area contributed by atoms with Crippen LogP contribution >= 0.6 is 22.6 Å². The van der Waals surface area contributed by atoms with Crippen LogP contribution in [0.3, 0.4) is 0 Å². The summed E-state index contributed by atoms with van der Waals surface area (Å²) in [5, 5.41) is 6.09. The number of halogens is 2. The van der Waals surface area contributed by atoms with Crippen LogP contribution in [0.5, 0.6) is 0 Å². The first-order valence-electron chi connectivity index (χ1n) is 7.42. The maximum atomic E-state index is 14.1. The fourth-order valence-corrected chi connectivity index (χ4v) is 2.58. The van der Waals surface area contributed by atoms with E-state index < -0.39 is 0 Å². The molecule has 2 N–H and O–H groups in total. The predicted molar refractivity (Wildman–Crippen MR) is 102 cm³/mol. The third-order valence-corrected chi connectivity index (χ3v) is 3.85. The molecule has 0 aliphatic rings. The van der Waals surface area contributed by atoms with Gasteiger partial charge in [-0.05, 0) is 59.8 Å². The Bertz CT molecular complexity index is 842. The molecule has 0 unspecified atom stereocenters.